The summed E-state index contributed by atoms with van der Waals surface area (Å²) < 4.78 is 0. The zero-order valence-corrected chi connectivity index (χ0v) is 13.1. The Kier molecular flexibility index (Phi) is 6.16. The maximum Gasteiger partial charge on any atom is 0.0205 e. The molecule has 2 rings (SSSR count). The zero-order chi connectivity index (χ0) is 14.2. The van der Waals surface area contributed by atoms with Gasteiger partial charge in [-0.1, -0.05) is 56.3 Å². The number of hydrogen-bond donors (Lipinski definition) is 1. The quantitative estimate of drug-likeness (QED) is 0.585. The van der Waals surface area contributed by atoms with Crippen molar-refractivity contribution in [3.8, 4) is 0 Å². The fourth-order valence-electron chi connectivity index (χ4n) is 2.01. The van der Waals surface area contributed by atoms with Crippen LogP contribution in [0.4, 0.5) is 0 Å². The van der Waals surface area contributed by atoms with Gasteiger partial charge >= 0.3 is 0 Å². The van der Waals surface area contributed by atoms with Gasteiger partial charge < -0.3 is 5.32 Å². The summed E-state index contributed by atoms with van der Waals surface area (Å²) in [6.45, 7) is 6.45. The highest BCUT2D eigenvalue weighted by atomic mass is 32.2. The molecule has 2 heteroatoms. The number of rotatable bonds is 7. The van der Waals surface area contributed by atoms with E-state index in [9.17, 15) is 0 Å². The van der Waals surface area contributed by atoms with Crippen molar-refractivity contribution in [3.63, 3.8) is 0 Å². The monoisotopic (exact) mass is 285 g/mol. The van der Waals surface area contributed by atoms with Crippen LogP contribution < -0.4 is 5.32 Å². The second-order valence-corrected chi connectivity index (χ2v) is 6.40. The fraction of sp³-hybridized carbons (Fsp3) is 0.333. The molecular weight excluding hydrogens is 262 g/mol. The summed E-state index contributed by atoms with van der Waals surface area (Å²) in [5.41, 5.74) is 2.77. The molecule has 0 saturated carbocycles. The average Bonchev–Trinajstić information content (AvgIpc) is 2.48. The third-order valence-corrected chi connectivity index (χ3v) is 4.28. The second-order valence-electron chi connectivity index (χ2n) is 5.23. The summed E-state index contributed by atoms with van der Waals surface area (Å²) >= 11 is 1.90. The minimum absolute atomic E-state index is 0.610. The lowest BCUT2D eigenvalue weighted by Crippen LogP contribution is -2.16. The Labute approximate surface area is 126 Å². The summed E-state index contributed by atoms with van der Waals surface area (Å²) in [6.07, 6.45) is 0. The van der Waals surface area contributed by atoms with Crippen molar-refractivity contribution in [1.82, 2.24) is 5.32 Å². The first-order valence-electron chi connectivity index (χ1n) is 7.23. The van der Waals surface area contributed by atoms with Crippen LogP contribution in [0.2, 0.25) is 0 Å². The molecular formula is C18H23NS. The smallest absolute Gasteiger partial charge is 0.0205 e. The highest BCUT2D eigenvalue weighted by Crippen LogP contribution is 2.16. The van der Waals surface area contributed by atoms with Gasteiger partial charge in [0, 0.05) is 23.7 Å². The average molecular weight is 285 g/mol. The van der Waals surface area contributed by atoms with Gasteiger partial charge in [-0.3, -0.25) is 0 Å². The van der Waals surface area contributed by atoms with Crippen molar-refractivity contribution < 1.29 is 0 Å². The Balaban J connectivity index is 1.66. The summed E-state index contributed by atoms with van der Waals surface area (Å²) in [5, 5.41) is 3.50. The Morgan fingerprint density at radius 2 is 1.65 bits per heavy atom. The van der Waals surface area contributed by atoms with E-state index in [0.29, 0.717) is 5.92 Å². The Morgan fingerprint density at radius 1 is 0.950 bits per heavy atom. The molecule has 0 radical (unpaired) electrons. The Morgan fingerprint density at radius 3 is 2.30 bits per heavy atom. The first-order chi connectivity index (χ1) is 9.75. The van der Waals surface area contributed by atoms with Gasteiger partial charge in [0.2, 0.25) is 0 Å². The lowest BCUT2D eigenvalue weighted by Gasteiger charge is -2.08. The molecule has 0 aliphatic heterocycles. The number of hydrogen-bond acceptors (Lipinski definition) is 2. The van der Waals surface area contributed by atoms with E-state index in [1.165, 1.54) is 16.0 Å². The van der Waals surface area contributed by atoms with Crippen molar-refractivity contribution in [1.29, 1.82) is 0 Å². The van der Waals surface area contributed by atoms with Gasteiger partial charge in [-0.05, 0) is 29.2 Å². The van der Waals surface area contributed by atoms with Crippen LogP contribution in [0, 0.1) is 0 Å². The maximum absolute atomic E-state index is 3.50. The van der Waals surface area contributed by atoms with E-state index in [-0.39, 0.29) is 0 Å². The molecule has 0 heterocycles. The van der Waals surface area contributed by atoms with Crippen molar-refractivity contribution in [2.45, 2.75) is 31.2 Å². The van der Waals surface area contributed by atoms with E-state index in [1.54, 1.807) is 0 Å². The van der Waals surface area contributed by atoms with Crippen molar-refractivity contribution >= 4 is 11.8 Å². The lowest BCUT2D eigenvalue weighted by atomic mass is 10.0. The molecule has 0 amide bonds. The van der Waals surface area contributed by atoms with Gasteiger partial charge in [0.05, 0.1) is 0 Å². The molecule has 0 saturated heterocycles. The van der Waals surface area contributed by atoms with Crippen molar-refractivity contribution in [2.75, 3.05) is 12.3 Å². The molecule has 0 aliphatic carbocycles. The van der Waals surface area contributed by atoms with Gasteiger partial charge in [0.1, 0.15) is 0 Å². The van der Waals surface area contributed by atoms with Crippen LogP contribution in [-0.4, -0.2) is 12.3 Å². The molecule has 0 aliphatic rings. The molecule has 1 nitrogen and oxygen atoms in total. The van der Waals surface area contributed by atoms with E-state index in [1.807, 2.05) is 11.8 Å². The normalized spacial score (nSPS) is 10.9. The molecule has 1 N–H and O–H groups in total. The summed E-state index contributed by atoms with van der Waals surface area (Å²) in [7, 11) is 0. The maximum atomic E-state index is 3.50. The van der Waals surface area contributed by atoms with Crippen LogP contribution in [-0.2, 0) is 6.54 Å². The zero-order valence-electron chi connectivity index (χ0n) is 12.3. The number of benzene rings is 2. The molecule has 0 aromatic heterocycles. The van der Waals surface area contributed by atoms with E-state index in [2.05, 4.69) is 73.8 Å². The first kappa shape index (κ1) is 15.1. The summed E-state index contributed by atoms with van der Waals surface area (Å²) in [5.74, 6) is 1.72. The van der Waals surface area contributed by atoms with Crippen LogP contribution in [0.3, 0.4) is 0 Å². The molecule has 2 aromatic rings. The number of thioether (sulfide) groups is 1. The third kappa shape index (κ3) is 5.03. The van der Waals surface area contributed by atoms with Crippen LogP contribution in [0.5, 0.6) is 0 Å². The van der Waals surface area contributed by atoms with Gasteiger partial charge in [-0.2, -0.15) is 0 Å². The van der Waals surface area contributed by atoms with E-state index >= 15 is 0 Å². The molecule has 0 unspecified atom stereocenters. The standard InChI is InChI=1S/C18H23NS/c1-15(2)17-10-8-16(9-11-17)14-19-12-13-20-18-6-4-3-5-7-18/h3-11,15,19H,12-14H2,1-2H3. The minimum Gasteiger partial charge on any atom is -0.312 e. The molecule has 2 aromatic carbocycles. The lowest BCUT2D eigenvalue weighted by molar-refractivity contribution is 0.731. The predicted molar refractivity (Wildman–Crippen MR) is 89.4 cm³/mol. The summed E-state index contributed by atoms with van der Waals surface area (Å²) in [4.78, 5) is 1.34. The van der Waals surface area contributed by atoms with Crippen LogP contribution in [0.1, 0.15) is 30.9 Å². The van der Waals surface area contributed by atoms with Crippen LogP contribution in [0.15, 0.2) is 59.5 Å². The summed E-state index contributed by atoms with van der Waals surface area (Å²) in [6, 6.07) is 19.5. The highest BCUT2D eigenvalue weighted by Gasteiger charge is 1.99. The van der Waals surface area contributed by atoms with Gasteiger partial charge in [0.15, 0.2) is 0 Å². The largest absolute Gasteiger partial charge is 0.312 e. The molecule has 0 spiro atoms. The van der Waals surface area contributed by atoms with Crippen molar-refractivity contribution in [3.05, 3.63) is 65.7 Å². The predicted octanol–water partition coefficient (Wildman–Crippen LogP) is 4.69. The van der Waals surface area contributed by atoms with Crippen LogP contribution in [0.25, 0.3) is 0 Å². The number of nitrogens with one attached hydrogen (secondary N) is 1. The molecule has 0 atom stereocenters. The fourth-order valence-corrected chi connectivity index (χ4v) is 2.84. The van der Waals surface area contributed by atoms with E-state index in [4.69, 9.17) is 0 Å². The van der Waals surface area contributed by atoms with Gasteiger partial charge in [-0.15, -0.1) is 11.8 Å². The Hall–Kier alpha value is -1.25. The minimum atomic E-state index is 0.610. The van der Waals surface area contributed by atoms with Crippen molar-refractivity contribution in [2.24, 2.45) is 0 Å². The molecule has 0 fully saturated rings. The topological polar surface area (TPSA) is 12.0 Å². The van der Waals surface area contributed by atoms with E-state index < -0.39 is 0 Å². The second kappa shape index (κ2) is 8.13. The highest BCUT2D eigenvalue weighted by molar-refractivity contribution is 7.99. The first-order valence-corrected chi connectivity index (χ1v) is 8.21. The third-order valence-electron chi connectivity index (χ3n) is 3.27. The SMILES string of the molecule is CC(C)c1ccc(CNCCSc2ccccc2)cc1. The Bertz CT molecular complexity index is 491. The van der Waals surface area contributed by atoms with E-state index in [0.717, 1.165) is 18.8 Å². The molecule has 106 valence electrons. The molecule has 0 bridgehead atoms. The molecule has 20 heavy (non-hydrogen) atoms. The van der Waals surface area contributed by atoms with Gasteiger partial charge in [0.25, 0.3) is 0 Å². The van der Waals surface area contributed by atoms with Gasteiger partial charge in [-0.25, -0.2) is 0 Å². The van der Waals surface area contributed by atoms with Crippen LogP contribution >= 0.6 is 11.8 Å².